The fraction of sp³-hybridized carbons (Fsp3) is 0.167. The normalized spacial score (nSPS) is 10.4. The standard InChI is InChI=1S/C26H24P2.C6H5.C4H10S.Pd/c1-5-13-23(14-6-1)27(24-15-7-2-8-16-24)21-22-28(25-17-9-3-10-18-25)26-19-11-4-12-20-26;1-2-4-6-5-3-1;1-4(2,3)5;/h1-20H,21-22H2;1-5H;5H,1-3H3;/q;-1;;+2/p-1. The van der Waals surface area contributed by atoms with Crippen LogP contribution in [-0.2, 0) is 33.1 Å². The molecule has 0 saturated heterocycles. The van der Waals surface area contributed by atoms with Crippen LogP contribution >= 0.6 is 15.8 Å². The zero-order chi connectivity index (χ0) is 27.8. The third-order valence-corrected chi connectivity index (χ3v) is 10.8. The molecule has 208 valence electrons. The zero-order valence-corrected chi connectivity index (χ0v) is 27.6. The van der Waals surface area contributed by atoms with Gasteiger partial charge in [0.1, 0.15) is 0 Å². The molecule has 0 nitrogen and oxygen atoms in total. The Morgan fingerprint density at radius 1 is 0.475 bits per heavy atom. The summed E-state index contributed by atoms with van der Waals surface area (Å²) in [4.78, 5) is 0. The Hall–Kier alpha value is -2.03. The van der Waals surface area contributed by atoms with Gasteiger partial charge in [-0.05, 0) is 49.4 Å². The first-order valence-electron chi connectivity index (χ1n) is 13.3. The molecule has 40 heavy (non-hydrogen) atoms. The third-order valence-electron chi connectivity index (χ3n) is 5.43. The molecule has 5 aromatic carbocycles. The number of benzene rings is 5. The third kappa shape index (κ3) is 13.6. The second-order valence-electron chi connectivity index (χ2n) is 9.84. The molecule has 5 aromatic rings. The van der Waals surface area contributed by atoms with Crippen molar-refractivity contribution in [3.63, 3.8) is 0 Å². The molecular formula is C36H38P2PdS. The Morgan fingerprint density at radius 3 is 0.875 bits per heavy atom. The van der Waals surface area contributed by atoms with Crippen LogP contribution in [0.25, 0.3) is 0 Å². The fourth-order valence-corrected chi connectivity index (χ4v) is 9.15. The van der Waals surface area contributed by atoms with Crippen LogP contribution in [0.15, 0.2) is 152 Å². The molecule has 0 aliphatic carbocycles. The summed E-state index contributed by atoms with van der Waals surface area (Å²) in [5.41, 5.74) is 0. The summed E-state index contributed by atoms with van der Waals surface area (Å²) in [6, 6.07) is 56.7. The van der Waals surface area contributed by atoms with Crippen LogP contribution in [0.3, 0.4) is 0 Å². The van der Waals surface area contributed by atoms with E-state index in [4.69, 9.17) is 12.6 Å². The minimum atomic E-state index is -0.348. The predicted octanol–water partition coefficient (Wildman–Crippen LogP) is 8.07. The molecule has 0 spiro atoms. The molecule has 0 saturated carbocycles. The van der Waals surface area contributed by atoms with Crippen molar-refractivity contribution >= 4 is 49.7 Å². The topological polar surface area (TPSA) is 0 Å². The van der Waals surface area contributed by atoms with Crippen molar-refractivity contribution in [2.45, 2.75) is 25.5 Å². The van der Waals surface area contributed by atoms with Crippen LogP contribution in [0.4, 0.5) is 0 Å². The largest absolute Gasteiger partial charge is 2.00 e. The number of hydrogen-bond acceptors (Lipinski definition) is 1. The van der Waals surface area contributed by atoms with E-state index < -0.39 is 0 Å². The van der Waals surface area contributed by atoms with Gasteiger partial charge in [-0.2, -0.15) is 41.1 Å². The Kier molecular flexibility index (Phi) is 16.4. The minimum Gasteiger partial charge on any atom is -0.787 e. The van der Waals surface area contributed by atoms with Gasteiger partial charge in [-0.25, -0.2) is 0 Å². The first-order valence-corrected chi connectivity index (χ1v) is 16.7. The van der Waals surface area contributed by atoms with E-state index in [9.17, 15) is 0 Å². The quantitative estimate of drug-likeness (QED) is 0.0731. The molecule has 0 unspecified atom stereocenters. The van der Waals surface area contributed by atoms with Crippen LogP contribution in [0.5, 0.6) is 0 Å². The summed E-state index contributed by atoms with van der Waals surface area (Å²) in [5.74, 6) is 0. The first kappa shape index (κ1) is 34.2. The maximum atomic E-state index is 4.83. The molecular weight excluding hydrogens is 633 g/mol. The molecule has 4 heteroatoms. The number of hydrogen-bond donors (Lipinski definition) is 0. The van der Waals surface area contributed by atoms with Crippen LogP contribution < -0.4 is 21.2 Å². The van der Waals surface area contributed by atoms with E-state index in [1.165, 1.54) is 33.5 Å². The summed E-state index contributed by atoms with van der Waals surface area (Å²) in [7, 11) is -0.696. The van der Waals surface area contributed by atoms with Crippen LogP contribution in [-0.4, -0.2) is 17.1 Å². The summed E-state index contributed by atoms with van der Waals surface area (Å²) in [6.07, 6.45) is 2.41. The van der Waals surface area contributed by atoms with Crippen molar-refractivity contribution in [2.75, 3.05) is 12.3 Å². The van der Waals surface area contributed by atoms with E-state index in [0.29, 0.717) is 0 Å². The summed E-state index contributed by atoms with van der Waals surface area (Å²) in [5, 5.41) is 5.89. The maximum Gasteiger partial charge on any atom is 2.00 e. The predicted molar refractivity (Wildman–Crippen MR) is 180 cm³/mol. The molecule has 0 bridgehead atoms. The van der Waals surface area contributed by atoms with E-state index in [1.807, 2.05) is 51.1 Å². The van der Waals surface area contributed by atoms with E-state index in [-0.39, 0.29) is 41.0 Å². The van der Waals surface area contributed by atoms with E-state index >= 15 is 0 Å². The van der Waals surface area contributed by atoms with Gasteiger partial charge in [0.2, 0.25) is 0 Å². The monoisotopic (exact) mass is 670 g/mol. The van der Waals surface area contributed by atoms with Crippen molar-refractivity contribution < 1.29 is 20.4 Å². The first-order chi connectivity index (χ1) is 18.9. The smallest absolute Gasteiger partial charge is 0.787 e. The number of rotatable bonds is 7. The molecule has 0 radical (unpaired) electrons. The second kappa shape index (κ2) is 19.2. The van der Waals surface area contributed by atoms with Crippen molar-refractivity contribution in [2.24, 2.45) is 0 Å². The Morgan fingerprint density at radius 2 is 0.700 bits per heavy atom. The second-order valence-corrected chi connectivity index (χ2v) is 15.7. The van der Waals surface area contributed by atoms with Gasteiger partial charge in [0.05, 0.1) is 0 Å². The molecule has 0 N–H and O–H groups in total. The van der Waals surface area contributed by atoms with E-state index in [0.717, 1.165) is 0 Å². The zero-order valence-electron chi connectivity index (χ0n) is 23.5. The molecule has 0 aliphatic rings. The fourth-order valence-electron chi connectivity index (χ4n) is 3.79. The average molecular weight is 671 g/mol. The van der Waals surface area contributed by atoms with Crippen molar-refractivity contribution in [3.05, 3.63) is 158 Å². The van der Waals surface area contributed by atoms with Gasteiger partial charge in [0.15, 0.2) is 0 Å². The SMILES string of the molecule is CC(C)(C)[S-].[Pd+2].[c-]1ccccc1.c1ccc(P(CCP(c2ccccc2)c2ccccc2)c2ccccc2)cc1. The van der Waals surface area contributed by atoms with Crippen molar-refractivity contribution in [1.82, 2.24) is 0 Å². The maximum absolute atomic E-state index is 4.83. The Bertz CT molecular complexity index is 1090. The van der Waals surface area contributed by atoms with Gasteiger partial charge in [-0.3, -0.25) is 0 Å². The van der Waals surface area contributed by atoms with E-state index in [2.05, 4.69) is 127 Å². The van der Waals surface area contributed by atoms with E-state index in [1.54, 1.807) is 0 Å². The van der Waals surface area contributed by atoms with Crippen LogP contribution in [0.2, 0.25) is 0 Å². The minimum absolute atomic E-state index is 0. The van der Waals surface area contributed by atoms with Gasteiger partial charge in [-0.1, -0.05) is 142 Å². The Labute approximate surface area is 264 Å². The molecule has 0 aromatic heterocycles. The molecule has 0 atom stereocenters. The average Bonchev–Trinajstić information content (AvgIpc) is 2.98. The summed E-state index contributed by atoms with van der Waals surface area (Å²) < 4.78 is 0.0833. The van der Waals surface area contributed by atoms with Gasteiger partial charge in [0.25, 0.3) is 0 Å². The summed E-state index contributed by atoms with van der Waals surface area (Å²) in [6.45, 7) is 6.01. The molecule has 0 fully saturated rings. The van der Waals surface area contributed by atoms with Crippen molar-refractivity contribution in [3.8, 4) is 0 Å². The van der Waals surface area contributed by atoms with Gasteiger partial charge in [0, 0.05) is 0 Å². The molecule has 0 amide bonds. The van der Waals surface area contributed by atoms with Gasteiger partial charge >= 0.3 is 20.4 Å². The molecule has 0 aliphatic heterocycles. The van der Waals surface area contributed by atoms with Gasteiger partial charge in [-0.15, -0.1) is 0 Å². The summed E-state index contributed by atoms with van der Waals surface area (Å²) >= 11 is 4.83. The molecule has 0 heterocycles. The van der Waals surface area contributed by atoms with Crippen LogP contribution in [0, 0.1) is 6.07 Å². The Balaban J connectivity index is 0.000000393. The van der Waals surface area contributed by atoms with Gasteiger partial charge < -0.3 is 12.6 Å². The molecule has 5 rings (SSSR count). The van der Waals surface area contributed by atoms with Crippen LogP contribution in [0.1, 0.15) is 20.8 Å². The van der Waals surface area contributed by atoms with Crippen molar-refractivity contribution in [1.29, 1.82) is 0 Å².